The van der Waals surface area contributed by atoms with Gasteiger partial charge in [-0.1, -0.05) is 164 Å². The maximum Gasteiger partial charge on any atom is 0.164 e. The molecule has 9 aromatic carbocycles. The predicted octanol–water partition coefficient (Wildman–Crippen LogP) is 15.7. The molecule has 13 rings (SSSR count). The summed E-state index contributed by atoms with van der Waals surface area (Å²) in [6.07, 6.45) is 9.70. The molecule has 0 saturated carbocycles. The number of allylic oxidation sites excluding steroid dienone is 2. The van der Waals surface area contributed by atoms with Gasteiger partial charge in [-0.2, -0.15) is 0 Å². The zero-order valence-electron chi connectivity index (χ0n) is 37.8. The van der Waals surface area contributed by atoms with Crippen LogP contribution in [0.15, 0.2) is 255 Å². The SMILES string of the molecule is C1=CCC(N(c2ccccc2)c2ccc(-c3nc(-c4ccc(N(c5ccccc5)c5ccccc5)cc4)nc(-c4ccc5c(c4)C4(c6ccccc6-c6ccccc64)c4ccccc4-5)n3)cc2)C=C1. The van der Waals surface area contributed by atoms with Crippen molar-refractivity contribution in [1.29, 1.82) is 0 Å². The quantitative estimate of drug-likeness (QED) is 0.144. The summed E-state index contributed by atoms with van der Waals surface area (Å²) in [4.78, 5) is 20.7. The highest BCUT2D eigenvalue weighted by molar-refractivity contribution is 5.96. The molecule has 0 amide bonds. The monoisotopic (exact) mass is 883 g/mol. The fraction of sp³-hybridized carbons (Fsp3) is 0.0469. The van der Waals surface area contributed by atoms with Crippen molar-refractivity contribution in [3.63, 3.8) is 0 Å². The Morgan fingerprint density at radius 2 is 0.739 bits per heavy atom. The Hall–Kier alpha value is -8.93. The van der Waals surface area contributed by atoms with Gasteiger partial charge in [0, 0.05) is 45.1 Å². The van der Waals surface area contributed by atoms with Crippen LogP contribution >= 0.6 is 0 Å². The van der Waals surface area contributed by atoms with Gasteiger partial charge >= 0.3 is 0 Å². The molecule has 326 valence electrons. The highest BCUT2D eigenvalue weighted by Gasteiger charge is 2.51. The Balaban J connectivity index is 0.963. The normalized spacial score (nSPS) is 14.5. The zero-order valence-corrected chi connectivity index (χ0v) is 37.8. The summed E-state index contributed by atoms with van der Waals surface area (Å²) in [7, 11) is 0. The van der Waals surface area contributed by atoms with E-state index >= 15 is 0 Å². The summed E-state index contributed by atoms with van der Waals surface area (Å²) in [5.41, 5.74) is 17.9. The van der Waals surface area contributed by atoms with Crippen LogP contribution in [0.2, 0.25) is 0 Å². The number of nitrogens with zero attached hydrogens (tertiary/aromatic N) is 5. The van der Waals surface area contributed by atoms with E-state index in [2.05, 4.69) is 265 Å². The van der Waals surface area contributed by atoms with Crippen molar-refractivity contribution in [2.45, 2.75) is 17.9 Å². The van der Waals surface area contributed by atoms with Gasteiger partial charge in [-0.15, -0.1) is 0 Å². The molecule has 0 aliphatic heterocycles. The number of rotatable bonds is 9. The summed E-state index contributed by atoms with van der Waals surface area (Å²) >= 11 is 0. The number of para-hydroxylation sites is 3. The van der Waals surface area contributed by atoms with Crippen molar-refractivity contribution in [1.82, 2.24) is 15.0 Å². The van der Waals surface area contributed by atoms with E-state index in [9.17, 15) is 0 Å². The molecule has 1 heterocycles. The molecule has 0 N–H and O–H groups in total. The molecule has 1 unspecified atom stereocenters. The first-order valence-corrected chi connectivity index (χ1v) is 23.7. The standard InChI is InChI=1S/C64H45N5/c1-5-19-47(20-6-1)68(48-21-7-2-8-22-48)51-38-33-44(34-39-51)61-65-62(45-35-40-52(41-36-45)69(49-23-9-3-10-24-49)50-25-11-4-12-26-50)67-63(66-61)46-37-42-56-55-29-15-18-32-59(55)64(60(56)43-46)57-30-16-13-27-53(57)54-28-14-17-31-58(54)64/h1-25,27-43,50H,26H2. The maximum atomic E-state index is 5.36. The van der Waals surface area contributed by atoms with Gasteiger partial charge in [0.2, 0.25) is 0 Å². The summed E-state index contributed by atoms with van der Waals surface area (Å²) in [6.45, 7) is 0. The van der Waals surface area contributed by atoms with Crippen LogP contribution in [0.4, 0.5) is 28.4 Å². The summed E-state index contributed by atoms with van der Waals surface area (Å²) in [6, 6.07) is 82.7. The van der Waals surface area contributed by atoms with Crippen molar-refractivity contribution in [3.05, 3.63) is 277 Å². The van der Waals surface area contributed by atoms with Gasteiger partial charge in [0.05, 0.1) is 11.5 Å². The van der Waals surface area contributed by atoms with Crippen molar-refractivity contribution >= 4 is 28.4 Å². The van der Waals surface area contributed by atoms with Crippen molar-refractivity contribution < 1.29 is 0 Å². The van der Waals surface area contributed by atoms with E-state index in [1.165, 1.54) is 44.5 Å². The third-order valence-corrected chi connectivity index (χ3v) is 14.0. The van der Waals surface area contributed by atoms with Crippen LogP contribution in [0.1, 0.15) is 28.7 Å². The van der Waals surface area contributed by atoms with E-state index < -0.39 is 5.41 Å². The van der Waals surface area contributed by atoms with Crippen LogP contribution in [-0.2, 0) is 5.41 Å². The number of aromatic nitrogens is 3. The third-order valence-electron chi connectivity index (χ3n) is 14.0. The number of benzene rings is 9. The number of fused-ring (bicyclic) bond motifs is 10. The van der Waals surface area contributed by atoms with Gasteiger partial charge in [-0.25, -0.2) is 15.0 Å². The van der Waals surface area contributed by atoms with Gasteiger partial charge < -0.3 is 9.80 Å². The maximum absolute atomic E-state index is 5.36. The van der Waals surface area contributed by atoms with E-state index in [0.29, 0.717) is 17.5 Å². The fourth-order valence-electron chi connectivity index (χ4n) is 11.0. The molecule has 69 heavy (non-hydrogen) atoms. The van der Waals surface area contributed by atoms with Crippen LogP contribution in [0.25, 0.3) is 56.4 Å². The lowest BCUT2D eigenvalue weighted by atomic mass is 9.70. The van der Waals surface area contributed by atoms with Crippen molar-refractivity contribution in [2.75, 3.05) is 9.80 Å². The average molecular weight is 884 g/mol. The lowest BCUT2D eigenvalue weighted by molar-refractivity contribution is 0.785. The van der Waals surface area contributed by atoms with Gasteiger partial charge in [0.15, 0.2) is 17.5 Å². The highest BCUT2D eigenvalue weighted by atomic mass is 15.2. The first-order valence-electron chi connectivity index (χ1n) is 23.7. The molecule has 3 aliphatic carbocycles. The smallest absolute Gasteiger partial charge is 0.164 e. The minimum atomic E-state index is -0.489. The molecular formula is C64H45N5. The molecule has 0 fully saturated rings. The molecule has 10 aromatic rings. The van der Waals surface area contributed by atoms with Crippen LogP contribution in [-0.4, -0.2) is 21.0 Å². The van der Waals surface area contributed by atoms with E-state index in [0.717, 1.165) is 51.5 Å². The van der Waals surface area contributed by atoms with E-state index in [-0.39, 0.29) is 6.04 Å². The topological polar surface area (TPSA) is 45.2 Å². The third kappa shape index (κ3) is 6.73. The summed E-state index contributed by atoms with van der Waals surface area (Å²) < 4.78 is 0. The van der Waals surface area contributed by atoms with Crippen LogP contribution < -0.4 is 9.80 Å². The van der Waals surface area contributed by atoms with Crippen LogP contribution in [0.5, 0.6) is 0 Å². The van der Waals surface area contributed by atoms with E-state index in [1.807, 2.05) is 0 Å². The number of hydrogen-bond donors (Lipinski definition) is 0. The minimum absolute atomic E-state index is 0.189. The van der Waals surface area contributed by atoms with E-state index in [1.54, 1.807) is 0 Å². The molecule has 1 aromatic heterocycles. The molecule has 3 aliphatic rings. The van der Waals surface area contributed by atoms with Crippen molar-refractivity contribution in [3.8, 4) is 56.4 Å². The minimum Gasteiger partial charge on any atom is -0.334 e. The second-order valence-corrected chi connectivity index (χ2v) is 17.9. The Labute approximate surface area is 402 Å². The number of hydrogen-bond acceptors (Lipinski definition) is 5. The Kier molecular flexibility index (Phi) is 9.79. The Morgan fingerprint density at radius 1 is 0.348 bits per heavy atom. The Morgan fingerprint density at radius 3 is 1.23 bits per heavy atom. The molecule has 0 bridgehead atoms. The van der Waals surface area contributed by atoms with Gasteiger partial charge in [0.1, 0.15) is 0 Å². The van der Waals surface area contributed by atoms with Crippen LogP contribution in [0, 0.1) is 0 Å². The second-order valence-electron chi connectivity index (χ2n) is 17.9. The first kappa shape index (κ1) is 40.4. The van der Waals surface area contributed by atoms with Gasteiger partial charge in [-0.3, -0.25) is 0 Å². The summed E-state index contributed by atoms with van der Waals surface area (Å²) in [5, 5.41) is 0. The van der Waals surface area contributed by atoms with Crippen LogP contribution in [0.3, 0.4) is 0 Å². The predicted molar refractivity (Wildman–Crippen MR) is 282 cm³/mol. The zero-order chi connectivity index (χ0) is 45.7. The Bertz CT molecular complexity index is 3480. The van der Waals surface area contributed by atoms with Gasteiger partial charge in [0.25, 0.3) is 0 Å². The lowest BCUT2D eigenvalue weighted by Crippen LogP contribution is -2.29. The molecule has 1 atom stereocenters. The largest absolute Gasteiger partial charge is 0.334 e. The molecule has 1 spiro atoms. The molecule has 0 radical (unpaired) electrons. The second kappa shape index (κ2) is 16.7. The average Bonchev–Trinajstić information content (AvgIpc) is 3.90. The summed E-state index contributed by atoms with van der Waals surface area (Å²) in [5.74, 6) is 1.84. The van der Waals surface area contributed by atoms with E-state index in [4.69, 9.17) is 15.0 Å². The van der Waals surface area contributed by atoms with Gasteiger partial charge in [-0.05, 0) is 142 Å². The van der Waals surface area contributed by atoms with Crippen molar-refractivity contribution in [2.24, 2.45) is 0 Å². The lowest BCUT2D eigenvalue weighted by Gasteiger charge is -2.32. The molecule has 5 nitrogen and oxygen atoms in total. The molecule has 0 saturated heterocycles. The molecular weight excluding hydrogens is 839 g/mol. The highest BCUT2D eigenvalue weighted by Crippen LogP contribution is 2.63. The molecule has 5 heteroatoms. The fourth-order valence-corrected chi connectivity index (χ4v) is 11.0. The number of anilines is 5. The first-order chi connectivity index (χ1) is 34.2.